The van der Waals surface area contributed by atoms with E-state index in [-0.39, 0.29) is 17.8 Å². The standard InChI is InChI=1S/C21H27N3O6S/c1-6-18(21(25)22-15(3)17-9-7-8-10-20(17)30-4)23(31(5,28)29)19-13-16(24(26)27)12-11-14(19)2/h7-13,15,18H,6H2,1-5H3,(H,22,25)/t15-,18-/m0/s1. The van der Waals surface area contributed by atoms with Crippen LogP contribution in [0.15, 0.2) is 42.5 Å². The molecular weight excluding hydrogens is 422 g/mol. The molecule has 1 N–H and O–H groups in total. The highest BCUT2D eigenvalue weighted by Gasteiger charge is 2.34. The van der Waals surface area contributed by atoms with Crippen molar-refractivity contribution in [3.05, 3.63) is 63.7 Å². The zero-order valence-electron chi connectivity index (χ0n) is 18.2. The molecule has 0 unspecified atom stereocenters. The van der Waals surface area contributed by atoms with Crippen molar-refractivity contribution in [1.82, 2.24) is 5.32 Å². The van der Waals surface area contributed by atoms with Crippen LogP contribution < -0.4 is 14.4 Å². The summed E-state index contributed by atoms with van der Waals surface area (Å²) in [6.45, 7) is 5.09. The van der Waals surface area contributed by atoms with Gasteiger partial charge in [0.05, 0.1) is 30.0 Å². The van der Waals surface area contributed by atoms with E-state index in [1.54, 1.807) is 26.8 Å². The van der Waals surface area contributed by atoms with Crippen molar-refractivity contribution >= 4 is 27.3 Å². The lowest BCUT2D eigenvalue weighted by molar-refractivity contribution is -0.384. The minimum Gasteiger partial charge on any atom is -0.496 e. The molecule has 168 valence electrons. The summed E-state index contributed by atoms with van der Waals surface area (Å²) < 4.78 is 31.7. The van der Waals surface area contributed by atoms with E-state index in [1.165, 1.54) is 25.3 Å². The van der Waals surface area contributed by atoms with E-state index in [9.17, 15) is 23.3 Å². The Labute approximate surface area is 182 Å². The number of aryl methyl sites for hydroxylation is 1. The van der Waals surface area contributed by atoms with Crippen molar-refractivity contribution in [3.8, 4) is 5.75 Å². The monoisotopic (exact) mass is 449 g/mol. The molecule has 0 spiro atoms. The molecule has 0 aliphatic carbocycles. The number of non-ortho nitro benzene ring substituents is 1. The van der Waals surface area contributed by atoms with Crippen molar-refractivity contribution in [1.29, 1.82) is 0 Å². The Hall–Kier alpha value is -3.14. The molecular formula is C21H27N3O6S. The number of para-hydroxylation sites is 1. The van der Waals surface area contributed by atoms with Crippen LogP contribution >= 0.6 is 0 Å². The predicted molar refractivity (Wildman–Crippen MR) is 119 cm³/mol. The molecule has 0 heterocycles. The summed E-state index contributed by atoms with van der Waals surface area (Å²) >= 11 is 0. The van der Waals surface area contributed by atoms with E-state index >= 15 is 0 Å². The SMILES string of the molecule is CC[C@@H](C(=O)N[C@@H](C)c1ccccc1OC)N(c1cc([N+](=O)[O-])ccc1C)S(C)(=O)=O. The summed E-state index contributed by atoms with van der Waals surface area (Å²) in [6.07, 6.45) is 1.14. The molecule has 0 radical (unpaired) electrons. The van der Waals surface area contributed by atoms with Gasteiger partial charge >= 0.3 is 0 Å². The lowest BCUT2D eigenvalue weighted by atomic mass is 10.1. The van der Waals surface area contributed by atoms with Crippen molar-refractivity contribution in [2.75, 3.05) is 17.7 Å². The smallest absolute Gasteiger partial charge is 0.271 e. The van der Waals surface area contributed by atoms with Gasteiger partial charge in [-0.2, -0.15) is 0 Å². The summed E-state index contributed by atoms with van der Waals surface area (Å²) in [5.74, 6) is 0.0788. The van der Waals surface area contributed by atoms with E-state index in [4.69, 9.17) is 4.74 Å². The van der Waals surface area contributed by atoms with E-state index in [0.717, 1.165) is 16.1 Å². The fourth-order valence-electron chi connectivity index (χ4n) is 3.40. The number of carbonyl (C=O) groups is 1. The number of nitro groups is 1. The average molecular weight is 450 g/mol. The Bertz CT molecular complexity index is 1070. The first-order valence-electron chi connectivity index (χ1n) is 9.69. The first-order valence-corrected chi connectivity index (χ1v) is 11.5. The maximum absolute atomic E-state index is 13.2. The molecule has 9 nitrogen and oxygen atoms in total. The van der Waals surface area contributed by atoms with E-state index in [0.29, 0.717) is 11.3 Å². The highest BCUT2D eigenvalue weighted by molar-refractivity contribution is 7.92. The van der Waals surface area contributed by atoms with E-state index in [2.05, 4.69) is 5.32 Å². The number of hydrogen-bond acceptors (Lipinski definition) is 6. The van der Waals surface area contributed by atoms with Crippen LogP contribution in [0.4, 0.5) is 11.4 Å². The minimum atomic E-state index is -3.93. The van der Waals surface area contributed by atoms with E-state index < -0.39 is 32.9 Å². The molecule has 31 heavy (non-hydrogen) atoms. The van der Waals surface area contributed by atoms with Crippen LogP contribution in [0.2, 0.25) is 0 Å². The zero-order valence-corrected chi connectivity index (χ0v) is 19.0. The largest absolute Gasteiger partial charge is 0.496 e. The first-order chi connectivity index (χ1) is 14.5. The maximum Gasteiger partial charge on any atom is 0.271 e. The maximum atomic E-state index is 13.2. The molecule has 0 bridgehead atoms. The number of nitro benzene ring substituents is 1. The normalized spacial score (nSPS) is 13.2. The van der Waals surface area contributed by atoms with Crippen LogP contribution in [-0.4, -0.2) is 38.7 Å². The predicted octanol–water partition coefficient (Wildman–Crippen LogP) is 3.33. The van der Waals surface area contributed by atoms with Gasteiger partial charge in [0.2, 0.25) is 15.9 Å². The van der Waals surface area contributed by atoms with Gasteiger partial charge < -0.3 is 10.1 Å². The molecule has 0 aliphatic rings. The van der Waals surface area contributed by atoms with Gasteiger partial charge in [-0.1, -0.05) is 31.2 Å². The van der Waals surface area contributed by atoms with Crippen molar-refractivity contribution in [2.45, 2.75) is 39.3 Å². The number of anilines is 1. The molecule has 2 aromatic rings. The zero-order chi connectivity index (χ0) is 23.3. The summed E-state index contributed by atoms with van der Waals surface area (Å²) in [7, 11) is -2.40. The van der Waals surface area contributed by atoms with Crippen LogP contribution in [0, 0.1) is 17.0 Å². The molecule has 0 aliphatic heterocycles. The van der Waals surface area contributed by atoms with Gasteiger partial charge in [-0.15, -0.1) is 0 Å². The molecule has 0 fully saturated rings. The molecule has 2 rings (SSSR count). The van der Waals surface area contributed by atoms with Crippen molar-refractivity contribution < 1.29 is 22.9 Å². The number of nitrogens with zero attached hydrogens (tertiary/aromatic N) is 2. The Kier molecular flexibility index (Phi) is 7.61. The lowest BCUT2D eigenvalue weighted by Gasteiger charge is -2.32. The van der Waals surface area contributed by atoms with Crippen LogP contribution in [-0.2, 0) is 14.8 Å². The fourth-order valence-corrected chi connectivity index (χ4v) is 4.66. The second kappa shape index (κ2) is 9.78. The number of methoxy groups -OCH3 is 1. The number of carbonyl (C=O) groups excluding carboxylic acids is 1. The molecule has 1 amide bonds. The van der Waals surface area contributed by atoms with Crippen LogP contribution in [0.5, 0.6) is 5.75 Å². The average Bonchev–Trinajstić information content (AvgIpc) is 2.71. The molecule has 2 aromatic carbocycles. The second-order valence-corrected chi connectivity index (χ2v) is 9.04. The topological polar surface area (TPSA) is 119 Å². The highest BCUT2D eigenvalue weighted by Crippen LogP contribution is 2.31. The van der Waals surface area contributed by atoms with Crippen LogP contribution in [0.3, 0.4) is 0 Å². The number of sulfonamides is 1. The summed E-state index contributed by atoms with van der Waals surface area (Å²) in [4.78, 5) is 23.8. The first kappa shape index (κ1) is 24.1. The molecule has 10 heteroatoms. The number of nitrogens with one attached hydrogen (secondary N) is 1. The highest BCUT2D eigenvalue weighted by atomic mass is 32.2. The van der Waals surface area contributed by atoms with Crippen LogP contribution in [0.25, 0.3) is 0 Å². The van der Waals surface area contributed by atoms with Gasteiger partial charge in [-0.25, -0.2) is 8.42 Å². The Balaban J connectivity index is 2.45. The second-order valence-electron chi connectivity index (χ2n) is 7.18. The number of ether oxygens (including phenoxy) is 1. The fraction of sp³-hybridized carbons (Fsp3) is 0.381. The third kappa shape index (κ3) is 5.52. The molecule has 0 saturated heterocycles. The summed E-state index contributed by atoms with van der Waals surface area (Å²) in [5.41, 5.74) is 1.08. The number of hydrogen-bond donors (Lipinski definition) is 1. The summed E-state index contributed by atoms with van der Waals surface area (Å²) in [5, 5.41) is 14.1. The third-order valence-corrected chi connectivity index (χ3v) is 6.10. The molecule has 0 aromatic heterocycles. The Morgan fingerprint density at radius 1 is 1.26 bits per heavy atom. The molecule has 0 saturated carbocycles. The van der Waals surface area contributed by atoms with Crippen molar-refractivity contribution in [2.24, 2.45) is 0 Å². The van der Waals surface area contributed by atoms with E-state index in [1.807, 2.05) is 18.2 Å². The van der Waals surface area contributed by atoms with Crippen LogP contribution in [0.1, 0.15) is 37.4 Å². The van der Waals surface area contributed by atoms with Gasteiger partial charge in [0, 0.05) is 17.7 Å². The van der Waals surface area contributed by atoms with Gasteiger partial charge in [0.25, 0.3) is 5.69 Å². The number of amides is 1. The number of benzene rings is 2. The lowest BCUT2D eigenvalue weighted by Crippen LogP contribution is -2.50. The molecule has 2 atom stereocenters. The summed E-state index contributed by atoms with van der Waals surface area (Å²) in [6, 6.07) is 9.59. The van der Waals surface area contributed by atoms with Crippen molar-refractivity contribution in [3.63, 3.8) is 0 Å². The third-order valence-electron chi connectivity index (χ3n) is 4.93. The van der Waals surface area contributed by atoms with Gasteiger partial charge in [0.15, 0.2) is 0 Å². The number of rotatable bonds is 9. The quantitative estimate of drug-likeness (QED) is 0.463. The van der Waals surface area contributed by atoms with Gasteiger partial charge in [-0.3, -0.25) is 19.2 Å². The minimum absolute atomic E-state index is 0.101. The Morgan fingerprint density at radius 2 is 1.90 bits per heavy atom. The van der Waals surface area contributed by atoms with Gasteiger partial charge in [0.1, 0.15) is 11.8 Å². The Morgan fingerprint density at radius 3 is 2.45 bits per heavy atom. The van der Waals surface area contributed by atoms with Gasteiger partial charge in [-0.05, 0) is 31.9 Å².